The van der Waals surface area contributed by atoms with Crippen molar-refractivity contribution in [1.82, 2.24) is 4.98 Å². The minimum atomic E-state index is -0.392. The second kappa shape index (κ2) is 9.88. The largest absolute Gasteiger partial charge is 0.492 e. The number of pyridine rings is 1. The Morgan fingerprint density at radius 3 is 2.64 bits per heavy atom. The van der Waals surface area contributed by atoms with Gasteiger partial charge in [0.25, 0.3) is 5.69 Å². The maximum absolute atomic E-state index is 11.3. The van der Waals surface area contributed by atoms with E-state index in [9.17, 15) is 10.1 Å². The summed E-state index contributed by atoms with van der Waals surface area (Å²) in [6, 6.07) is 7.08. The third kappa shape index (κ3) is 5.63. The van der Waals surface area contributed by atoms with Crippen LogP contribution in [-0.2, 0) is 0 Å². The summed E-state index contributed by atoms with van der Waals surface area (Å²) in [5.41, 5.74) is 0.491. The second-order valence-electron chi connectivity index (χ2n) is 5.52. The van der Waals surface area contributed by atoms with Crippen molar-refractivity contribution >= 4 is 23.1 Å². The van der Waals surface area contributed by atoms with Crippen LogP contribution in [0, 0.1) is 10.1 Å². The van der Waals surface area contributed by atoms with Crippen molar-refractivity contribution in [3.8, 4) is 5.75 Å². The quantitative estimate of drug-likeness (QED) is 0.358. The van der Waals surface area contributed by atoms with Gasteiger partial charge in [-0.2, -0.15) is 0 Å². The lowest BCUT2D eigenvalue weighted by Gasteiger charge is -2.13. The van der Waals surface area contributed by atoms with Gasteiger partial charge in [0.15, 0.2) is 0 Å². The summed E-state index contributed by atoms with van der Waals surface area (Å²) in [7, 11) is 1.68. The van der Waals surface area contributed by atoms with E-state index >= 15 is 0 Å². The number of ether oxygens (including phenoxy) is 1. The number of nitrogens with zero attached hydrogens (tertiary/aromatic N) is 2. The fourth-order valence-corrected chi connectivity index (χ4v) is 3.24. The lowest BCUT2D eigenvalue weighted by Crippen LogP contribution is -2.02. The number of hydrogen-bond acceptors (Lipinski definition) is 6. The van der Waals surface area contributed by atoms with E-state index in [1.165, 1.54) is 24.2 Å². The Morgan fingerprint density at radius 1 is 1.24 bits per heavy atom. The fourth-order valence-electron chi connectivity index (χ4n) is 2.34. The molecule has 0 aliphatic rings. The summed E-state index contributed by atoms with van der Waals surface area (Å²) < 4.78 is 5.88. The highest BCUT2D eigenvalue weighted by atomic mass is 32.2. The van der Waals surface area contributed by atoms with Gasteiger partial charge in [0.05, 0.1) is 22.5 Å². The fraction of sp³-hybridized carbons (Fsp3) is 0.389. The van der Waals surface area contributed by atoms with E-state index in [1.54, 1.807) is 25.5 Å². The SMILES string of the molecule is CCCCCCOc1cc([N+](=O)[O-])c(NC)cc1Sc1ccncc1. The number of unbranched alkanes of at least 4 members (excludes halogenated alkanes) is 3. The molecule has 0 saturated carbocycles. The summed E-state index contributed by atoms with van der Waals surface area (Å²) in [6.45, 7) is 2.71. The number of aromatic nitrogens is 1. The Balaban J connectivity index is 2.25. The topological polar surface area (TPSA) is 77.3 Å². The predicted molar refractivity (Wildman–Crippen MR) is 101 cm³/mol. The average Bonchev–Trinajstić information content (AvgIpc) is 2.62. The number of benzene rings is 1. The molecule has 0 atom stereocenters. The smallest absolute Gasteiger partial charge is 0.296 e. The predicted octanol–water partition coefficient (Wildman–Crippen LogP) is 5.14. The van der Waals surface area contributed by atoms with Gasteiger partial charge >= 0.3 is 0 Å². The zero-order valence-electron chi connectivity index (χ0n) is 14.5. The molecule has 0 radical (unpaired) electrons. The van der Waals surface area contributed by atoms with Gasteiger partial charge in [0.1, 0.15) is 11.4 Å². The molecule has 2 aromatic rings. The number of rotatable bonds is 10. The number of nitro benzene ring substituents is 1. The van der Waals surface area contributed by atoms with Crippen molar-refractivity contribution in [2.45, 2.75) is 42.4 Å². The third-order valence-electron chi connectivity index (χ3n) is 3.66. The summed E-state index contributed by atoms with van der Waals surface area (Å²) in [5.74, 6) is 0.545. The van der Waals surface area contributed by atoms with E-state index in [-0.39, 0.29) is 5.69 Å². The molecule has 0 saturated heterocycles. The van der Waals surface area contributed by atoms with Crippen LogP contribution in [0.4, 0.5) is 11.4 Å². The first-order chi connectivity index (χ1) is 12.2. The van der Waals surface area contributed by atoms with Gasteiger partial charge in [0.2, 0.25) is 0 Å². The molecule has 1 aromatic carbocycles. The molecule has 0 aliphatic heterocycles. The average molecular weight is 361 g/mol. The van der Waals surface area contributed by atoms with E-state index in [4.69, 9.17) is 4.74 Å². The van der Waals surface area contributed by atoms with Gasteiger partial charge in [-0.15, -0.1) is 0 Å². The standard InChI is InChI=1S/C18H23N3O3S/c1-3-4-5-6-11-24-17-13-16(21(22)23)15(19-2)12-18(17)25-14-7-9-20-10-8-14/h7-10,12-13,19H,3-6,11H2,1-2H3. The van der Waals surface area contributed by atoms with Crippen LogP contribution in [0.5, 0.6) is 5.75 Å². The molecule has 7 heteroatoms. The minimum Gasteiger partial charge on any atom is -0.492 e. The molecule has 0 spiro atoms. The van der Waals surface area contributed by atoms with Crippen LogP contribution in [0.3, 0.4) is 0 Å². The normalized spacial score (nSPS) is 10.5. The Kier molecular flexibility index (Phi) is 7.53. The molecule has 2 rings (SSSR count). The summed E-state index contributed by atoms with van der Waals surface area (Å²) in [5, 5.41) is 14.2. The lowest BCUT2D eigenvalue weighted by atomic mass is 10.2. The molecule has 1 N–H and O–H groups in total. The monoisotopic (exact) mass is 361 g/mol. The number of nitrogens with one attached hydrogen (secondary N) is 1. The van der Waals surface area contributed by atoms with Crippen LogP contribution in [0.1, 0.15) is 32.6 Å². The maximum Gasteiger partial charge on any atom is 0.296 e. The Morgan fingerprint density at radius 2 is 2.00 bits per heavy atom. The molecule has 1 heterocycles. The minimum absolute atomic E-state index is 0.0186. The Bertz CT molecular complexity index is 695. The molecule has 6 nitrogen and oxygen atoms in total. The van der Waals surface area contributed by atoms with Crippen molar-refractivity contribution in [1.29, 1.82) is 0 Å². The van der Waals surface area contributed by atoms with Gasteiger partial charge in [-0.1, -0.05) is 37.9 Å². The highest BCUT2D eigenvalue weighted by Crippen LogP contribution is 2.41. The molecular weight excluding hydrogens is 338 g/mol. The van der Waals surface area contributed by atoms with Crippen molar-refractivity contribution < 1.29 is 9.66 Å². The highest BCUT2D eigenvalue weighted by Gasteiger charge is 2.19. The van der Waals surface area contributed by atoms with E-state index in [0.717, 1.165) is 29.1 Å². The Hall–Kier alpha value is -2.28. The summed E-state index contributed by atoms with van der Waals surface area (Å²) in [4.78, 5) is 16.8. The number of nitro groups is 1. The van der Waals surface area contributed by atoms with E-state index in [2.05, 4.69) is 17.2 Å². The van der Waals surface area contributed by atoms with Crippen LogP contribution in [0.15, 0.2) is 46.5 Å². The van der Waals surface area contributed by atoms with Crippen LogP contribution < -0.4 is 10.1 Å². The molecule has 0 aliphatic carbocycles. The van der Waals surface area contributed by atoms with Crippen molar-refractivity contribution in [3.63, 3.8) is 0 Å². The van der Waals surface area contributed by atoms with Gasteiger partial charge in [-0.3, -0.25) is 15.1 Å². The summed E-state index contributed by atoms with van der Waals surface area (Å²) in [6.07, 6.45) is 7.80. The Labute approximate surface area is 152 Å². The first-order valence-corrected chi connectivity index (χ1v) is 9.18. The molecule has 0 unspecified atom stereocenters. The van der Waals surface area contributed by atoms with Crippen LogP contribution in [-0.4, -0.2) is 23.6 Å². The van der Waals surface area contributed by atoms with Crippen LogP contribution >= 0.6 is 11.8 Å². The van der Waals surface area contributed by atoms with Gasteiger partial charge in [-0.05, 0) is 24.6 Å². The molecule has 0 fully saturated rings. The van der Waals surface area contributed by atoms with E-state index in [1.807, 2.05) is 12.1 Å². The van der Waals surface area contributed by atoms with E-state index in [0.29, 0.717) is 18.0 Å². The first-order valence-electron chi connectivity index (χ1n) is 8.36. The molecule has 0 bridgehead atoms. The molecule has 25 heavy (non-hydrogen) atoms. The zero-order chi connectivity index (χ0) is 18.1. The second-order valence-corrected chi connectivity index (χ2v) is 6.63. The van der Waals surface area contributed by atoms with Gasteiger partial charge in [-0.25, -0.2) is 0 Å². The highest BCUT2D eigenvalue weighted by molar-refractivity contribution is 7.99. The van der Waals surface area contributed by atoms with Crippen molar-refractivity contribution in [3.05, 3.63) is 46.8 Å². The molecule has 1 aromatic heterocycles. The zero-order valence-corrected chi connectivity index (χ0v) is 15.3. The van der Waals surface area contributed by atoms with Crippen molar-refractivity contribution in [2.24, 2.45) is 0 Å². The third-order valence-corrected chi connectivity index (χ3v) is 4.71. The van der Waals surface area contributed by atoms with Crippen molar-refractivity contribution in [2.75, 3.05) is 19.0 Å². The number of anilines is 1. The molecule has 134 valence electrons. The molecular formula is C18H23N3O3S. The maximum atomic E-state index is 11.3. The summed E-state index contributed by atoms with van der Waals surface area (Å²) >= 11 is 1.50. The van der Waals surface area contributed by atoms with Crippen LogP contribution in [0.2, 0.25) is 0 Å². The van der Waals surface area contributed by atoms with Gasteiger partial charge < -0.3 is 10.1 Å². The molecule has 0 amide bonds. The lowest BCUT2D eigenvalue weighted by molar-refractivity contribution is -0.384. The first kappa shape index (κ1) is 19.1. The number of hydrogen-bond donors (Lipinski definition) is 1. The van der Waals surface area contributed by atoms with Gasteiger partial charge in [0, 0.05) is 24.3 Å². The van der Waals surface area contributed by atoms with Crippen LogP contribution in [0.25, 0.3) is 0 Å². The van der Waals surface area contributed by atoms with E-state index < -0.39 is 4.92 Å².